The van der Waals surface area contributed by atoms with Crippen molar-refractivity contribution in [2.24, 2.45) is 7.05 Å². The summed E-state index contributed by atoms with van der Waals surface area (Å²) in [7, 11) is 1.96. The molecule has 0 saturated carbocycles. The molecule has 0 N–H and O–H groups in total. The zero-order chi connectivity index (χ0) is 13.8. The van der Waals surface area contributed by atoms with E-state index in [9.17, 15) is 0 Å². The van der Waals surface area contributed by atoms with Gasteiger partial charge in [-0.2, -0.15) is 4.98 Å². The van der Waals surface area contributed by atoms with Crippen LogP contribution in [0.5, 0.6) is 0 Å². The average Bonchev–Trinajstić information content (AvgIpc) is 3.07. The molecule has 20 heavy (non-hydrogen) atoms. The summed E-state index contributed by atoms with van der Waals surface area (Å²) < 4.78 is 7.22. The minimum absolute atomic E-state index is 0.629. The largest absolute Gasteiger partial charge is 0.338 e. The third-order valence-corrected chi connectivity index (χ3v) is 3.86. The van der Waals surface area contributed by atoms with Crippen molar-refractivity contribution in [2.45, 2.75) is 17.3 Å². The standard InChI is InChI=1S/C14H14N4OS/c1-18-8-7-15-14(18)20-10-13-16-12(17-19-13)9-11-5-3-2-4-6-11/h2-8H,9-10H2,1H3. The SMILES string of the molecule is Cn1ccnc1SCc1nc(Cc2ccccc2)no1. The van der Waals surface area contributed by atoms with Crippen LogP contribution in [-0.4, -0.2) is 19.7 Å². The van der Waals surface area contributed by atoms with Gasteiger partial charge in [0.2, 0.25) is 5.89 Å². The topological polar surface area (TPSA) is 56.7 Å². The lowest BCUT2D eigenvalue weighted by Gasteiger charge is -1.97. The van der Waals surface area contributed by atoms with Gasteiger partial charge in [0.05, 0.1) is 5.75 Å². The summed E-state index contributed by atoms with van der Waals surface area (Å²) in [4.78, 5) is 8.64. The van der Waals surface area contributed by atoms with E-state index in [1.165, 1.54) is 5.56 Å². The number of imidazole rings is 1. The van der Waals surface area contributed by atoms with E-state index in [1.54, 1.807) is 18.0 Å². The molecule has 0 radical (unpaired) electrons. The van der Waals surface area contributed by atoms with E-state index in [2.05, 4.69) is 27.3 Å². The van der Waals surface area contributed by atoms with Crippen molar-refractivity contribution in [3.8, 4) is 0 Å². The predicted molar refractivity (Wildman–Crippen MR) is 76.3 cm³/mol. The first-order valence-corrected chi connectivity index (χ1v) is 7.25. The molecule has 6 heteroatoms. The smallest absolute Gasteiger partial charge is 0.237 e. The quantitative estimate of drug-likeness (QED) is 0.675. The number of aromatic nitrogens is 4. The number of benzene rings is 1. The number of rotatable bonds is 5. The van der Waals surface area contributed by atoms with Gasteiger partial charge in [-0.25, -0.2) is 4.98 Å². The summed E-state index contributed by atoms with van der Waals surface area (Å²) in [6.45, 7) is 0. The summed E-state index contributed by atoms with van der Waals surface area (Å²) in [5.74, 6) is 1.97. The van der Waals surface area contributed by atoms with Gasteiger partial charge in [0, 0.05) is 25.9 Å². The van der Waals surface area contributed by atoms with Crippen molar-refractivity contribution < 1.29 is 4.52 Å². The molecule has 0 spiro atoms. The van der Waals surface area contributed by atoms with Crippen molar-refractivity contribution in [1.29, 1.82) is 0 Å². The Balaban J connectivity index is 1.61. The van der Waals surface area contributed by atoms with Crippen LogP contribution >= 0.6 is 11.8 Å². The third kappa shape index (κ3) is 3.08. The molecule has 0 saturated heterocycles. The minimum Gasteiger partial charge on any atom is -0.338 e. The lowest BCUT2D eigenvalue weighted by atomic mass is 10.1. The van der Waals surface area contributed by atoms with Crippen LogP contribution in [0.1, 0.15) is 17.3 Å². The maximum Gasteiger partial charge on any atom is 0.237 e. The summed E-state index contributed by atoms with van der Waals surface area (Å²) in [6.07, 6.45) is 4.38. The van der Waals surface area contributed by atoms with Crippen LogP contribution in [0, 0.1) is 0 Å². The maximum atomic E-state index is 5.26. The van der Waals surface area contributed by atoms with E-state index in [-0.39, 0.29) is 0 Å². The summed E-state index contributed by atoms with van der Waals surface area (Å²) >= 11 is 1.58. The monoisotopic (exact) mass is 286 g/mol. The van der Waals surface area contributed by atoms with Crippen LogP contribution in [0.15, 0.2) is 52.4 Å². The van der Waals surface area contributed by atoms with Crippen LogP contribution in [0.3, 0.4) is 0 Å². The van der Waals surface area contributed by atoms with Crippen molar-refractivity contribution in [1.82, 2.24) is 19.7 Å². The first kappa shape index (κ1) is 12.9. The highest BCUT2D eigenvalue weighted by Crippen LogP contribution is 2.19. The fourth-order valence-corrected chi connectivity index (χ4v) is 2.59. The van der Waals surface area contributed by atoms with E-state index in [4.69, 9.17) is 4.52 Å². The van der Waals surface area contributed by atoms with Gasteiger partial charge in [-0.15, -0.1) is 0 Å². The van der Waals surface area contributed by atoms with E-state index in [0.29, 0.717) is 23.9 Å². The summed E-state index contributed by atoms with van der Waals surface area (Å²) in [5.41, 5.74) is 1.18. The van der Waals surface area contributed by atoms with Gasteiger partial charge >= 0.3 is 0 Å². The molecule has 3 rings (SSSR count). The van der Waals surface area contributed by atoms with Gasteiger partial charge in [-0.1, -0.05) is 47.3 Å². The molecular formula is C14H14N4OS. The summed E-state index contributed by atoms with van der Waals surface area (Å²) in [5, 5.41) is 4.94. The molecule has 1 aromatic carbocycles. The molecule has 0 amide bonds. The number of thioether (sulfide) groups is 1. The third-order valence-electron chi connectivity index (χ3n) is 2.82. The Labute approximate surface area is 121 Å². The zero-order valence-corrected chi connectivity index (χ0v) is 11.9. The van der Waals surface area contributed by atoms with Crippen LogP contribution < -0.4 is 0 Å². The van der Waals surface area contributed by atoms with E-state index >= 15 is 0 Å². The molecule has 0 atom stereocenters. The predicted octanol–water partition coefficient (Wildman–Crippen LogP) is 2.69. The van der Waals surface area contributed by atoms with Gasteiger partial charge in [-0.05, 0) is 5.56 Å². The Bertz CT molecular complexity index is 677. The highest BCUT2D eigenvalue weighted by atomic mass is 32.2. The Kier molecular flexibility index (Phi) is 3.83. The van der Waals surface area contributed by atoms with Crippen LogP contribution in [-0.2, 0) is 19.2 Å². The molecule has 5 nitrogen and oxygen atoms in total. The van der Waals surface area contributed by atoms with Gasteiger partial charge in [0.15, 0.2) is 11.0 Å². The molecule has 0 aliphatic heterocycles. The molecule has 0 fully saturated rings. The van der Waals surface area contributed by atoms with Crippen LogP contribution in [0.2, 0.25) is 0 Å². The summed E-state index contributed by atoms with van der Waals surface area (Å²) in [6, 6.07) is 10.1. The second-order valence-corrected chi connectivity index (χ2v) is 5.32. The van der Waals surface area contributed by atoms with Crippen LogP contribution in [0.25, 0.3) is 0 Å². The number of hydrogen-bond acceptors (Lipinski definition) is 5. The molecule has 0 aliphatic rings. The second kappa shape index (κ2) is 5.92. The Morgan fingerprint density at radius 3 is 2.85 bits per heavy atom. The molecular weight excluding hydrogens is 272 g/mol. The fourth-order valence-electron chi connectivity index (χ4n) is 1.82. The van der Waals surface area contributed by atoms with E-state index in [1.807, 2.05) is 36.0 Å². The minimum atomic E-state index is 0.629. The van der Waals surface area contributed by atoms with Crippen LogP contribution in [0.4, 0.5) is 0 Å². The van der Waals surface area contributed by atoms with Crippen molar-refractivity contribution >= 4 is 11.8 Å². The van der Waals surface area contributed by atoms with Gasteiger partial charge in [-0.3, -0.25) is 0 Å². The fraction of sp³-hybridized carbons (Fsp3) is 0.214. The first-order valence-electron chi connectivity index (χ1n) is 6.27. The average molecular weight is 286 g/mol. The molecule has 0 bridgehead atoms. The number of hydrogen-bond donors (Lipinski definition) is 0. The van der Waals surface area contributed by atoms with Crippen molar-refractivity contribution in [3.63, 3.8) is 0 Å². The molecule has 0 unspecified atom stereocenters. The van der Waals surface area contributed by atoms with E-state index in [0.717, 1.165) is 5.16 Å². The van der Waals surface area contributed by atoms with Gasteiger partial charge in [0.25, 0.3) is 0 Å². The highest BCUT2D eigenvalue weighted by molar-refractivity contribution is 7.98. The molecule has 2 aromatic heterocycles. The Morgan fingerprint density at radius 1 is 1.25 bits per heavy atom. The van der Waals surface area contributed by atoms with Gasteiger partial charge in [0.1, 0.15) is 0 Å². The maximum absolute atomic E-state index is 5.26. The Hall–Kier alpha value is -2.08. The molecule has 2 heterocycles. The lowest BCUT2D eigenvalue weighted by Crippen LogP contribution is -1.92. The van der Waals surface area contributed by atoms with Gasteiger partial charge < -0.3 is 9.09 Å². The number of aryl methyl sites for hydroxylation is 1. The lowest BCUT2D eigenvalue weighted by molar-refractivity contribution is 0.385. The first-order chi connectivity index (χ1) is 9.81. The molecule has 102 valence electrons. The van der Waals surface area contributed by atoms with Crippen molar-refractivity contribution in [2.75, 3.05) is 0 Å². The zero-order valence-electron chi connectivity index (χ0n) is 11.1. The van der Waals surface area contributed by atoms with E-state index < -0.39 is 0 Å². The Morgan fingerprint density at radius 2 is 2.10 bits per heavy atom. The highest BCUT2D eigenvalue weighted by Gasteiger charge is 2.09. The molecule has 3 aromatic rings. The number of nitrogens with zero attached hydrogens (tertiary/aromatic N) is 4. The second-order valence-electron chi connectivity index (χ2n) is 4.38. The molecule has 0 aliphatic carbocycles. The normalized spacial score (nSPS) is 10.8. The van der Waals surface area contributed by atoms with Crippen molar-refractivity contribution in [3.05, 3.63) is 60.0 Å².